The van der Waals surface area contributed by atoms with Gasteiger partial charge in [-0.25, -0.2) is 4.99 Å². The molecule has 25 heavy (non-hydrogen) atoms. The highest BCUT2D eigenvalue weighted by atomic mass is 32.1. The summed E-state index contributed by atoms with van der Waals surface area (Å²) in [4.78, 5) is 12.0. The Morgan fingerprint density at radius 3 is 2.68 bits per heavy atom. The van der Waals surface area contributed by atoms with Gasteiger partial charge >= 0.3 is 0 Å². The topological polar surface area (TPSA) is 49.3 Å². The average molecular weight is 353 g/mol. The predicted molar refractivity (Wildman–Crippen MR) is 107 cm³/mol. The number of nitrogens with one attached hydrogen (secondary N) is 2. The number of hydrogen-bond donors (Lipinski definition) is 2. The number of rotatable bonds is 6. The van der Waals surface area contributed by atoms with Crippen LogP contribution in [0.2, 0.25) is 0 Å². The molecular weight excluding hydrogens is 328 g/mol. The van der Waals surface area contributed by atoms with E-state index in [2.05, 4.69) is 65.9 Å². The SMILES string of the molecule is CCNC(=NCc1cccc2cccnc12)NCc1ccc(CC)s1. The Balaban J connectivity index is 1.70. The zero-order valence-corrected chi connectivity index (χ0v) is 15.6. The first-order valence-electron chi connectivity index (χ1n) is 8.72. The van der Waals surface area contributed by atoms with Gasteiger partial charge < -0.3 is 10.6 Å². The zero-order chi connectivity index (χ0) is 17.5. The molecule has 3 rings (SSSR count). The third-order valence-electron chi connectivity index (χ3n) is 3.96. The van der Waals surface area contributed by atoms with Crippen molar-refractivity contribution in [1.29, 1.82) is 0 Å². The number of aliphatic imine (C=N–C) groups is 1. The van der Waals surface area contributed by atoms with Gasteiger partial charge in [0, 0.05) is 27.9 Å². The van der Waals surface area contributed by atoms with Crippen molar-refractivity contribution in [2.24, 2.45) is 4.99 Å². The van der Waals surface area contributed by atoms with Crippen LogP contribution in [0.5, 0.6) is 0 Å². The maximum atomic E-state index is 4.73. The van der Waals surface area contributed by atoms with Gasteiger partial charge in [0.1, 0.15) is 0 Å². The van der Waals surface area contributed by atoms with Crippen LogP contribution in [0.4, 0.5) is 0 Å². The number of fused-ring (bicyclic) bond motifs is 1. The van der Waals surface area contributed by atoms with Crippen LogP contribution < -0.4 is 10.6 Å². The first-order chi connectivity index (χ1) is 12.3. The molecule has 130 valence electrons. The number of nitrogens with zero attached hydrogens (tertiary/aromatic N) is 2. The minimum absolute atomic E-state index is 0.605. The molecule has 1 aromatic carbocycles. The number of aromatic nitrogens is 1. The Morgan fingerprint density at radius 1 is 1.04 bits per heavy atom. The maximum Gasteiger partial charge on any atom is 0.191 e. The van der Waals surface area contributed by atoms with E-state index in [0.717, 1.165) is 41.9 Å². The van der Waals surface area contributed by atoms with Crippen molar-refractivity contribution in [3.05, 3.63) is 64.0 Å². The fourth-order valence-corrected chi connectivity index (χ4v) is 3.58. The van der Waals surface area contributed by atoms with Gasteiger partial charge in [-0.3, -0.25) is 4.98 Å². The molecule has 0 radical (unpaired) electrons. The van der Waals surface area contributed by atoms with E-state index >= 15 is 0 Å². The predicted octanol–water partition coefficient (Wildman–Crippen LogP) is 4.11. The van der Waals surface area contributed by atoms with Crippen molar-refractivity contribution in [2.75, 3.05) is 6.54 Å². The van der Waals surface area contributed by atoms with Crippen LogP contribution in [-0.2, 0) is 19.5 Å². The summed E-state index contributed by atoms with van der Waals surface area (Å²) in [5.41, 5.74) is 2.16. The number of para-hydroxylation sites is 1. The van der Waals surface area contributed by atoms with Crippen LogP contribution in [0.1, 0.15) is 29.2 Å². The molecule has 5 heteroatoms. The second-order valence-electron chi connectivity index (χ2n) is 5.76. The second-order valence-corrected chi connectivity index (χ2v) is 7.02. The molecule has 0 aliphatic heterocycles. The Morgan fingerprint density at radius 2 is 1.88 bits per heavy atom. The lowest BCUT2D eigenvalue weighted by Gasteiger charge is -2.11. The molecule has 0 bridgehead atoms. The third-order valence-corrected chi connectivity index (χ3v) is 5.19. The van der Waals surface area contributed by atoms with Gasteiger partial charge in [-0.15, -0.1) is 11.3 Å². The molecule has 4 nitrogen and oxygen atoms in total. The van der Waals surface area contributed by atoms with Crippen molar-refractivity contribution < 1.29 is 0 Å². The summed E-state index contributed by atoms with van der Waals surface area (Å²) in [7, 11) is 0. The van der Waals surface area contributed by atoms with Gasteiger partial charge in [0.15, 0.2) is 5.96 Å². The Kier molecular flexibility index (Phi) is 6.01. The molecule has 2 N–H and O–H groups in total. The van der Waals surface area contributed by atoms with Crippen molar-refractivity contribution in [1.82, 2.24) is 15.6 Å². The average Bonchev–Trinajstić information content (AvgIpc) is 3.12. The summed E-state index contributed by atoms with van der Waals surface area (Å²) in [5.74, 6) is 0.835. The van der Waals surface area contributed by atoms with Crippen LogP contribution in [0.15, 0.2) is 53.7 Å². The summed E-state index contributed by atoms with van der Waals surface area (Å²) < 4.78 is 0. The van der Waals surface area contributed by atoms with Crippen molar-refractivity contribution in [3.63, 3.8) is 0 Å². The van der Waals surface area contributed by atoms with Crippen LogP contribution in [0, 0.1) is 0 Å². The van der Waals surface area contributed by atoms with Crippen LogP contribution >= 0.6 is 11.3 Å². The number of aryl methyl sites for hydroxylation is 1. The number of thiophene rings is 1. The first kappa shape index (κ1) is 17.4. The van der Waals surface area contributed by atoms with E-state index < -0.39 is 0 Å². The Bertz CT molecular complexity index is 848. The number of benzene rings is 1. The third kappa shape index (κ3) is 4.57. The highest BCUT2D eigenvalue weighted by Crippen LogP contribution is 2.17. The zero-order valence-electron chi connectivity index (χ0n) is 14.7. The monoisotopic (exact) mass is 352 g/mol. The molecule has 0 aliphatic carbocycles. The summed E-state index contributed by atoms with van der Waals surface area (Å²) >= 11 is 1.85. The van der Waals surface area contributed by atoms with Crippen LogP contribution in [0.3, 0.4) is 0 Å². The molecule has 2 aromatic heterocycles. The summed E-state index contributed by atoms with van der Waals surface area (Å²) in [6.07, 6.45) is 2.92. The fraction of sp³-hybridized carbons (Fsp3) is 0.300. The Labute approximate surface area is 153 Å². The van der Waals surface area contributed by atoms with Crippen molar-refractivity contribution in [2.45, 2.75) is 33.4 Å². The standard InChI is InChI=1S/C20H24N4S/c1-3-17-10-11-18(25-17)14-24-20(21-4-2)23-13-16-8-5-7-15-9-6-12-22-19(15)16/h5-12H,3-4,13-14H2,1-2H3,(H2,21,23,24). The van der Waals surface area contributed by atoms with Crippen molar-refractivity contribution >= 4 is 28.2 Å². The number of pyridine rings is 1. The van der Waals surface area contributed by atoms with E-state index in [1.165, 1.54) is 9.75 Å². The van der Waals surface area contributed by atoms with Gasteiger partial charge in [0.05, 0.1) is 18.6 Å². The highest BCUT2D eigenvalue weighted by Gasteiger charge is 2.04. The first-order valence-corrected chi connectivity index (χ1v) is 9.54. The summed E-state index contributed by atoms with van der Waals surface area (Å²) in [5, 5.41) is 7.89. The Hall–Kier alpha value is -2.40. The van der Waals surface area contributed by atoms with Crippen LogP contribution in [0.25, 0.3) is 10.9 Å². The second kappa shape index (κ2) is 8.62. The van der Waals surface area contributed by atoms with E-state index in [0.29, 0.717) is 6.54 Å². The van der Waals surface area contributed by atoms with Crippen molar-refractivity contribution in [3.8, 4) is 0 Å². The molecule has 0 unspecified atom stereocenters. The fourth-order valence-electron chi connectivity index (χ4n) is 2.68. The lowest BCUT2D eigenvalue weighted by molar-refractivity contribution is 0.824. The minimum Gasteiger partial charge on any atom is -0.357 e. The lowest BCUT2D eigenvalue weighted by Crippen LogP contribution is -2.36. The van der Waals surface area contributed by atoms with Gasteiger partial charge in [0.25, 0.3) is 0 Å². The lowest BCUT2D eigenvalue weighted by atomic mass is 10.1. The molecule has 0 atom stereocenters. The molecule has 0 fully saturated rings. The highest BCUT2D eigenvalue weighted by molar-refractivity contribution is 7.11. The van der Waals surface area contributed by atoms with Gasteiger partial charge in [-0.1, -0.05) is 31.2 Å². The molecule has 0 saturated heterocycles. The van der Waals surface area contributed by atoms with Gasteiger partial charge in [0.2, 0.25) is 0 Å². The van der Waals surface area contributed by atoms with E-state index in [9.17, 15) is 0 Å². The smallest absolute Gasteiger partial charge is 0.191 e. The minimum atomic E-state index is 0.605. The van der Waals surface area contributed by atoms with Gasteiger partial charge in [-0.2, -0.15) is 0 Å². The largest absolute Gasteiger partial charge is 0.357 e. The van der Waals surface area contributed by atoms with Crippen LogP contribution in [-0.4, -0.2) is 17.5 Å². The molecular formula is C20H24N4S. The molecule has 3 aromatic rings. The molecule has 0 amide bonds. The number of guanidine groups is 1. The maximum absolute atomic E-state index is 4.73. The van der Waals surface area contributed by atoms with E-state index in [1.807, 2.05) is 23.6 Å². The summed E-state index contributed by atoms with van der Waals surface area (Å²) in [6.45, 7) is 6.51. The molecule has 0 spiro atoms. The van der Waals surface area contributed by atoms with E-state index in [-0.39, 0.29) is 0 Å². The molecule has 2 heterocycles. The normalized spacial score (nSPS) is 11.7. The molecule has 0 aliphatic rings. The molecule has 0 saturated carbocycles. The van der Waals surface area contributed by atoms with E-state index in [1.54, 1.807) is 0 Å². The summed E-state index contributed by atoms with van der Waals surface area (Å²) in [6, 6.07) is 14.7. The van der Waals surface area contributed by atoms with Gasteiger partial charge in [-0.05, 0) is 37.1 Å². The quantitative estimate of drug-likeness (QED) is 0.518. The number of hydrogen-bond acceptors (Lipinski definition) is 3. The van der Waals surface area contributed by atoms with E-state index in [4.69, 9.17) is 4.99 Å².